The minimum absolute atomic E-state index is 0.0770. The Hall–Kier alpha value is -3.24. The maximum atomic E-state index is 13.0. The molecule has 6 nitrogen and oxygen atoms in total. The van der Waals surface area contributed by atoms with E-state index >= 15 is 0 Å². The molecule has 28 heavy (non-hydrogen) atoms. The Morgan fingerprint density at radius 2 is 2.25 bits per heavy atom. The van der Waals surface area contributed by atoms with Gasteiger partial charge < -0.3 is 10.2 Å². The Kier molecular flexibility index (Phi) is 4.57. The predicted octanol–water partition coefficient (Wildman–Crippen LogP) is 4.03. The molecule has 1 aromatic heterocycles. The molecular weight excluding hydrogens is 370 g/mol. The number of nitrogens with one attached hydrogen (secondary N) is 2. The highest BCUT2D eigenvalue weighted by molar-refractivity contribution is 7.98. The molecule has 2 N–H and O–H groups in total. The van der Waals surface area contributed by atoms with Crippen LogP contribution in [0.3, 0.4) is 0 Å². The van der Waals surface area contributed by atoms with Gasteiger partial charge in [-0.25, -0.2) is 0 Å². The van der Waals surface area contributed by atoms with E-state index in [2.05, 4.69) is 28.2 Å². The number of nitriles is 1. The first-order valence-corrected chi connectivity index (χ1v) is 10.0. The van der Waals surface area contributed by atoms with Crippen molar-refractivity contribution in [1.82, 2.24) is 15.1 Å². The van der Waals surface area contributed by atoms with Crippen LogP contribution in [0.1, 0.15) is 15.9 Å². The maximum absolute atomic E-state index is 13.0. The molecule has 2 aromatic carbocycles. The quantitative estimate of drug-likeness (QED) is 0.508. The summed E-state index contributed by atoms with van der Waals surface area (Å²) in [5.74, 6) is -0.0770. The highest BCUT2D eigenvalue weighted by Crippen LogP contribution is 2.38. The third-order valence-electron chi connectivity index (χ3n) is 5.00. The molecule has 3 aromatic rings. The average molecular weight is 389 g/mol. The van der Waals surface area contributed by atoms with Crippen molar-refractivity contribution in [3.05, 3.63) is 53.6 Å². The van der Waals surface area contributed by atoms with E-state index in [0.29, 0.717) is 17.7 Å². The smallest absolute Gasteiger partial charge is 0.256 e. The van der Waals surface area contributed by atoms with Crippen molar-refractivity contribution in [3.8, 4) is 17.2 Å². The summed E-state index contributed by atoms with van der Waals surface area (Å²) >= 11 is 1.60. The van der Waals surface area contributed by atoms with Crippen LogP contribution >= 0.6 is 11.8 Å². The molecule has 0 spiro atoms. The van der Waals surface area contributed by atoms with E-state index in [4.69, 9.17) is 5.26 Å². The predicted molar refractivity (Wildman–Crippen MR) is 112 cm³/mol. The van der Waals surface area contributed by atoms with E-state index in [9.17, 15) is 4.79 Å². The number of hydrogen-bond acceptors (Lipinski definition) is 5. The first kappa shape index (κ1) is 18.1. The fourth-order valence-electron chi connectivity index (χ4n) is 3.66. The standard InChI is InChI=1S/C21H19N5OS/c1-12(9-22)10-26-11-16-14(5-7-18(23-2)19(16)21(26)27)13-4-6-17-15(8-13)20(28-3)25-24-17/h4-8,23H,1,10-11H2,2-3H3,(H,24,25). The zero-order chi connectivity index (χ0) is 19.8. The van der Waals surface area contributed by atoms with Crippen LogP contribution in [0.5, 0.6) is 0 Å². The number of fused-ring (bicyclic) bond motifs is 2. The molecule has 140 valence electrons. The number of H-pyrrole nitrogens is 1. The van der Waals surface area contributed by atoms with Gasteiger partial charge in [0.2, 0.25) is 0 Å². The fraction of sp³-hybridized carbons (Fsp3) is 0.190. The van der Waals surface area contributed by atoms with Gasteiger partial charge in [0.15, 0.2) is 0 Å². The van der Waals surface area contributed by atoms with Crippen molar-refractivity contribution in [3.63, 3.8) is 0 Å². The summed E-state index contributed by atoms with van der Waals surface area (Å²) in [6.07, 6.45) is 2.00. The number of rotatable bonds is 5. The van der Waals surface area contributed by atoms with Crippen molar-refractivity contribution in [2.45, 2.75) is 11.6 Å². The van der Waals surface area contributed by atoms with Gasteiger partial charge in [0.1, 0.15) is 5.03 Å². The molecule has 2 heterocycles. The van der Waals surface area contributed by atoms with Crippen molar-refractivity contribution < 1.29 is 4.79 Å². The van der Waals surface area contributed by atoms with Gasteiger partial charge >= 0.3 is 0 Å². The van der Waals surface area contributed by atoms with Gasteiger partial charge in [0.25, 0.3) is 5.91 Å². The molecule has 4 rings (SSSR count). The van der Waals surface area contributed by atoms with Gasteiger partial charge in [-0.2, -0.15) is 10.4 Å². The highest BCUT2D eigenvalue weighted by atomic mass is 32.2. The van der Waals surface area contributed by atoms with Gasteiger partial charge in [-0.3, -0.25) is 9.89 Å². The van der Waals surface area contributed by atoms with Crippen LogP contribution in [-0.2, 0) is 6.54 Å². The number of aromatic nitrogens is 2. The number of anilines is 1. The molecule has 7 heteroatoms. The summed E-state index contributed by atoms with van der Waals surface area (Å²) in [4.78, 5) is 14.7. The van der Waals surface area contributed by atoms with Crippen molar-refractivity contribution in [2.24, 2.45) is 0 Å². The first-order chi connectivity index (χ1) is 13.6. The normalized spacial score (nSPS) is 12.9. The first-order valence-electron chi connectivity index (χ1n) is 8.80. The molecule has 0 fully saturated rings. The Bertz CT molecular complexity index is 1160. The Morgan fingerprint density at radius 1 is 1.43 bits per heavy atom. The molecule has 1 amide bonds. The van der Waals surface area contributed by atoms with E-state index in [1.807, 2.05) is 43.6 Å². The number of benzene rings is 2. The monoisotopic (exact) mass is 389 g/mol. The molecule has 0 radical (unpaired) electrons. The van der Waals surface area contributed by atoms with Crippen molar-refractivity contribution in [1.29, 1.82) is 5.26 Å². The molecule has 1 aliphatic rings. The minimum Gasteiger partial charge on any atom is -0.387 e. The molecule has 1 aliphatic heterocycles. The zero-order valence-electron chi connectivity index (χ0n) is 15.7. The second-order valence-corrected chi connectivity index (χ2v) is 7.43. The lowest BCUT2D eigenvalue weighted by molar-refractivity contribution is 0.0794. The summed E-state index contributed by atoms with van der Waals surface area (Å²) < 4.78 is 0. The van der Waals surface area contributed by atoms with E-state index in [0.717, 1.165) is 38.3 Å². The molecule has 0 aliphatic carbocycles. The number of hydrogen-bond donors (Lipinski definition) is 2. The second-order valence-electron chi connectivity index (χ2n) is 6.63. The Morgan fingerprint density at radius 3 is 2.96 bits per heavy atom. The zero-order valence-corrected chi connectivity index (χ0v) is 16.5. The number of aromatic amines is 1. The third-order valence-corrected chi connectivity index (χ3v) is 5.70. The Balaban J connectivity index is 1.84. The van der Waals surface area contributed by atoms with Crippen LogP contribution < -0.4 is 5.32 Å². The molecule has 0 saturated carbocycles. The molecule has 0 atom stereocenters. The number of carbonyl (C=O) groups is 1. The summed E-state index contributed by atoms with van der Waals surface area (Å²) in [5, 5.41) is 21.6. The van der Waals surface area contributed by atoms with Gasteiger partial charge in [-0.1, -0.05) is 18.7 Å². The third kappa shape index (κ3) is 2.83. The van der Waals surface area contributed by atoms with Gasteiger partial charge in [0.05, 0.1) is 23.7 Å². The number of nitrogens with zero attached hydrogens (tertiary/aromatic N) is 3. The summed E-state index contributed by atoms with van der Waals surface area (Å²) in [7, 11) is 1.81. The number of carbonyl (C=O) groups excluding carboxylic acids is 1. The maximum Gasteiger partial charge on any atom is 0.256 e. The molecule has 0 bridgehead atoms. The largest absolute Gasteiger partial charge is 0.387 e. The minimum atomic E-state index is -0.0770. The lowest BCUT2D eigenvalue weighted by Crippen LogP contribution is -2.26. The summed E-state index contributed by atoms with van der Waals surface area (Å²) in [6, 6.07) is 12.2. The van der Waals surface area contributed by atoms with E-state index < -0.39 is 0 Å². The van der Waals surface area contributed by atoms with Crippen molar-refractivity contribution >= 4 is 34.3 Å². The van der Waals surface area contributed by atoms with Gasteiger partial charge in [0, 0.05) is 30.2 Å². The average Bonchev–Trinajstić information content (AvgIpc) is 3.28. The second kappa shape index (κ2) is 7.06. The number of thioether (sulfide) groups is 1. The summed E-state index contributed by atoms with van der Waals surface area (Å²) in [5.41, 5.74) is 5.85. The van der Waals surface area contributed by atoms with Crippen LogP contribution in [0, 0.1) is 11.3 Å². The van der Waals surface area contributed by atoms with Gasteiger partial charge in [-0.05, 0) is 41.1 Å². The molecule has 0 saturated heterocycles. The topological polar surface area (TPSA) is 84.8 Å². The fourth-order valence-corrected chi connectivity index (χ4v) is 4.19. The lowest BCUT2D eigenvalue weighted by atomic mass is 9.95. The van der Waals surface area contributed by atoms with E-state index in [-0.39, 0.29) is 12.5 Å². The molecule has 0 unspecified atom stereocenters. The van der Waals surface area contributed by atoms with E-state index in [1.54, 1.807) is 16.7 Å². The van der Waals surface area contributed by atoms with Gasteiger partial charge in [-0.15, -0.1) is 11.8 Å². The number of amides is 1. The lowest BCUT2D eigenvalue weighted by Gasteiger charge is -2.14. The Labute approximate surface area is 167 Å². The van der Waals surface area contributed by atoms with Crippen LogP contribution in [0.2, 0.25) is 0 Å². The van der Waals surface area contributed by atoms with Crippen LogP contribution in [0.15, 0.2) is 47.5 Å². The highest BCUT2D eigenvalue weighted by Gasteiger charge is 2.32. The SMILES string of the molecule is C=C(C#N)CN1Cc2c(-c3ccc4[nH]nc(SC)c4c3)ccc(NC)c2C1=O. The van der Waals surface area contributed by atoms with E-state index in [1.165, 1.54) is 0 Å². The molecular formula is C21H19N5OS. The summed E-state index contributed by atoms with van der Waals surface area (Å²) in [6.45, 7) is 4.42. The van der Waals surface area contributed by atoms with Crippen LogP contribution in [-0.4, -0.2) is 40.9 Å². The van der Waals surface area contributed by atoms with Crippen molar-refractivity contribution in [2.75, 3.05) is 25.2 Å². The van der Waals surface area contributed by atoms with Crippen LogP contribution in [0.25, 0.3) is 22.0 Å². The van der Waals surface area contributed by atoms with Crippen LogP contribution in [0.4, 0.5) is 5.69 Å².